The first-order chi connectivity index (χ1) is 17.3. The third kappa shape index (κ3) is 6.03. The first-order valence-corrected chi connectivity index (χ1v) is 12.1. The van der Waals surface area contributed by atoms with E-state index in [1.807, 2.05) is 37.2 Å². The highest BCUT2D eigenvalue weighted by atomic mass is 19.1. The number of benzene rings is 3. The SMILES string of the molecule is COc1ccc(C(=O)N(Cc2ccc(F)cc2)Cc2cc(NC(=O)C3CCC3)ccc2N(C)C)cc1. The molecule has 6 nitrogen and oxygen atoms in total. The summed E-state index contributed by atoms with van der Waals surface area (Å²) in [6.07, 6.45) is 2.95. The molecule has 0 bridgehead atoms. The van der Waals surface area contributed by atoms with E-state index in [0.29, 0.717) is 30.1 Å². The van der Waals surface area contributed by atoms with Crippen LogP contribution in [0.5, 0.6) is 5.75 Å². The molecule has 0 atom stereocenters. The fourth-order valence-electron chi connectivity index (χ4n) is 4.27. The van der Waals surface area contributed by atoms with Crippen LogP contribution < -0.4 is 15.0 Å². The number of nitrogens with one attached hydrogen (secondary N) is 1. The topological polar surface area (TPSA) is 61.9 Å². The van der Waals surface area contributed by atoms with Crippen LogP contribution in [0.1, 0.15) is 40.7 Å². The smallest absolute Gasteiger partial charge is 0.254 e. The van der Waals surface area contributed by atoms with E-state index < -0.39 is 0 Å². The van der Waals surface area contributed by atoms with Crippen LogP contribution >= 0.6 is 0 Å². The molecule has 0 aliphatic heterocycles. The molecule has 7 heteroatoms. The molecule has 188 valence electrons. The van der Waals surface area contributed by atoms with Crippen molar-refractivity contribution in [3.63, 3.8) is 0 Å². The van der Waals surface area contributed by atoms with Crippen LogP contribution in [0.2, 0.25) is 0 Å². The first kappa shape index (κ1) is 25.2. The fraction of sp³-hybridized carbons (Fsp3) is 0.310. The van der Waals surface area contributed by atoms with Crippen molar-refractivity contribution < 1.29 is 18.7 Å². The van der Waals surface area contributed by atoms with Gasteiger partial charge in [0, 0.05) is 50.0 Å². The van der Waals surface area contributed by atoms with Gasteiger partial charge in [0.15, 0.2) is 0 Å². The van der Waals surface area contributed by atoms with E-state index in [-0.39, 0.29) is 23.5 Å². The third-order valence-electron chi connectivity index (χ3n) is 6.58. The van der Waals surface area contributed by atoms with E-state index in [0.717, 1.165) is 36.1 Å². The van der Waals surface area contributed by atoms with Gasteiger partial charge in [-0.2, -0.15) is 0 Å². The molecule has 36 heavy (non-hydrogen) atoms. The van der Waals surface area contributed by atoms with Crippen LogP contribution in [0.25, 0.3) is 0 Å². The molecular formula is C29H32FN3O3. The summed E-state index contributed by atoms with van der Waals surface area (Å²) in [5.74, 6) is 0.310. The average molecular weight is 490 g/mol. The standard InChI is InChI=1S/C29H32FN3O3/c1-32(2)27-16-13-25(31-28(34)21-5-4-6-21)17-23(27)19-33(18-20-7-11-24(30)12-8-20)29(35)22-9-14-26(36-3)15-10-22/h7-17,21H,4-6,18-19H2,1-3H3,(H,31,34). The number of amides is 2. The molecule has 0 radical (unpaired) electrons. The van der Waals surface area contributed by atoms with Gasteiger partial charge in [-0.1, -0.05) is 18.6 Å². The van der Waals surface area contributed by atoms with Crippen LogP contribution in [-0.2, 0) is 17.9 Å². The number of hydrogen-bond donors (Lipinski definition) is 1. The van der Waals surface area contributed by atoms with Crippen LogP contribution in [0.4, 0.5) is 15.8 Å². The Labute approximate surface area is 211 Å². The van der Waals surface area contributed by atoms with Gasteiger partial charge in [-0.05, 0) is 78.6 Å². The Morgan fingerprint density at radius 2 is 1.67 bits per heavy atom. The third-order valence-corrected chi connectivity index (χ3v) is 6.58. The van der Waals surface area contributed by atoms with Crippen molar-refractivity contribution in [2.24, 2.45) is 5.92 Å². The zero-order chi connectivity index (χ0) is 25.7. The van der Waals surface area contributed by atoms with Gasteiger partial charge >= 0.3 is 0 Å². The van der Waals surface area contributed by atoms with Crippen molar-refractivity contribution in [3.05, 3.63) is 89.2 Å². The summed E-state index contributed by atoms with van der Waals surface area (Å²) in [6, 6.07) is 18.9. The van der Waals surface area contributed by atoms with E-state index in [4.69, 9.17) is 4.74 Å². The largest absolute Gasteiger partial charge is 0.497 e. The van der Waals surface area contributed by atoms with Gasteiger partial charge in [0.05, 0.1) is 7.11 Å². The maximum absolute atomic E-state index is 13.6. The lowest BCUT2D eigenvalue weighted by Crippen LogP contribution is -2.31. The van der Waals surface area contributed by atoms with Gasteiger partial charge < -0.3 is 19.9 Å². The number of halogens is 1. The number of nitrogens with zero attached hydrogens (tertiary/aromatic N) is 2. The van der Waals surface area contributed by atoms with Crippen LogP contribution in [0.3, 0.4) is 0 Å². The molecule has 1 aliphatic rings. The number of carbonyl (C=O) groups is 2. The Balaban J connectivity index is 1.64. The average Bonchev–Trinajstić information content (AvgIpc) is 2.83. The molecule has 0 saturated heterocycles. The van der Waals surface area contributed by atoms with Gasteiger partial charge in [0.2, 0.25) is 5.91 Å². The van der Waals surface area contributed by atoms with Gasteiger partial charge in [0.1, 0.15) is 11.6 Å². The zero-order valence-electron chi connectivity index (χ0n) is 21.0. The van der Waals surface area contributed by atoms with Crippen molar-refractivity contribution in [1.29, 1.82) is 0 Å². The molecule has 4 rings (SSSR count). The highest BCUT2D eigenvalue weighted by molar-refractivity contribution is 5.95. The number of methoxy groups -OCH3 is 1. The molecule has 2 amide bonds. The summed E-state index contributed by atoms with van der Waals surface area (Å²) < 4.78 is 18.7. The predicted molar refractivity (Wildman–Crippen MR) is 140 cm³/mol. The minimum atomic E-state index is -0.323. The van der Waals surface area contributed by atoms with Gasteiger partial charge in [-0.15, -0.1) is 0 Å². The van der Waals surface area contributed by atoms with Crippen molar-refractivity contribution >= 4 is 23.2 Å². The summed E-state index contributed by atoms with van der Waals surface area (Å²) in [5, 5.41) is 3.04. The van der Waals surface area contributed by atoms with E-state index in [9.17, 15) is 14.0 Å². The summed E-state index contributed by atoms with van der Waals surface area (Å²) in [5.41, 5.74) is 3.91. The monoisotopic (exact) mass is 489 g/mol. The number of anilines is 2. The lowest BCUT2D eigenvalue weighted by molar-refractivity contribution is -0.122. The van der Waals surface area contributed by atoms with E-state index in [1.54, 1.807) is 48.4 Å². The number of carbonyl (C=O) groups excluding carboxylic acids is 2. The van der Waals surface area contributed by atoms with Crippen molar-refractivity contribution in [2.75, 3.05) is 31.4 Å². The second kappa shape index (κ2) is 11.2. The number of hydrogen-bond acceptors (Lipinski definition) is 4. The van der Waals surface area contributed by atoms with E-state index in [2.05, 4.69) is 5.32 Å². The summed E-state index contributed by atoms with van der Waals surface area (Å²) in [4.78, 5) is 29.9. The Bertz CT molecular complexity index is 1210. The summed E-state index contributed by atoms with van der Waals surface area (Å²) in [7, 11) is 5.47. The molecule has 3 aromatic carbocycles. The van der Waals surface area contributed by atoms with Crippen molar-refractivity contribution in [1.82, 2.24) is 4.90 Å². The predicted octanol–water partition coefficient (Wildman–Crippen LogP) is 5.48. The van der Waals surface area contributed by atoms with Crippen LogP contribution in [-0.4, -0.2) is 37.9 Å². The zero-order valence-corrected chi connectivity index (χ0v) is 21.0. The van der Waals surface area contributed by atoms with Gasteiger partial charge in [-0.25, -0.2) is 4.39 Å². The van der Waals surface area contributed by atoms with Crippen LogP contribution in [0, 0.1) is 11.7 Å². The molecule has 1 saturated carbocycles. The molecule has 1 aliphatic carbocycles. The minimum Gasteiger partial charge on any atom is -0.497 e. The quantitative estimate of drug-likeness (QED) is 0.432. The van der Waals surface area contributed by atoms with Crippen LogP contribution in [0.15, 0.2) is 66.7 Å². The molecule has 0 heterocycles. The lowest BCUT2D eigenvalue weighted by Gasteiger charge is -2.27. The summed E-state index contributed by atoms with van der Waals surface area (Å²) >= 11 is 0. The van der Waals surface area contributed by atoms with Gasteiger partial charge in [-0.3, -0.25) is 9.59 Å². The van der Waals surface area contributed by atoms with Crippen molar-refractivity contribution in [2.45, 2.75) is 32.4 Å². The van der Waals surface area contributed by atoms with E-state index in [1.165, 1.54) is 12.1 Å². The lowest BCUT2D eigenvalue weighted by atomic mass is 9.85. The highest BCUT2D eigenvalue weighted by Gasteiger charge is 2.25. The number of ether oxygens (including phenoxy) is 1. The number of rotatable bonds is 9. The maximum Gasteiger partial charge on any atom is 0.254 e. The highest BCUT2D eigenvalue weighted by Crippen LogP contribution is 2.30. The first-order valence-electron chi connectivity index (χ1n) is 12.1. The molecule has 0 aromatic heterocycles. The Morgan fingerprint density at radius 1 is 0.972 bits per heavy atom. The maximum atomic E-state index is 13.6. The normalized spacial score (nSPS) is 13.0. The second-order valence-corrected chi connectivity index (χ2v) is 9.37. The second-order valence-electron chi connectivity index (χ2n) is 9.37. The Hall–Kier alpha value is -3.87. The minimum absolute atomic E-state index is 0.0438. The van der Waals surface area contributed by atoms with Gasteiger partial charge in [0.25, 0.3) is 5.91 Å². The van der Waals surface area contributed by atoms with E-state index >= 15 is 0 Å². The molecular weight excluding hydrogens is 457 g/mol. The molecule has 1 fully saturated rings. The molecule has 0 unspecified atom stereocenters. The van der Waals surface area contributed by atoms with Crippen molar-refractivity contribution in [3.8, 4) is 5.75 Å². The molecule has 3 aromatic rings. The Kier molecular flexibility index (Phi) is 7.88. The molecule has 1 N–H and O–H groups in total. The summed E-state index contributed by atoms with van der Waals surface area (Å²) in [6.45, 7) is 0.611. The fourth-order valence-corrected chi connectivity index (χ4v) is 4.27. The Morgan fingerprint density at radius 3 is 2.25 bits per heavy atom. The molecule has 0 spiro atoms.